The van der Waals surface area contributed by atoms with E-state index in [1.807, 2.05) is 11.9 Å². The number of amides is 1. The minimum Gasteiger partial charge on any atom is -0.335 e. The van der Waals surface area contributed by atoms with Crippen LogP contribution in [0.2, 0.25) is 0 Å². The third-order valence-corrected chi connectivity index (χ3v) is 2.30. The van der Waals surface area contributed by atoms with E-state index in [0.717, 1.165) is 6.54 Å². The molecule has 0 radical (unpaired) electrons. The molecule has 0 saturated carbocycles. The van der Waals surface area contributed by atoms with Crippen LogP contribution < -0.4 is 0 Å². The highest BCUT2D eigenvalue weighted by Crippen LogP contribution is 2.12. The Morgan fingerprint density at radius 3 is 2.50 bits per heavy atom. The van der Waals surface area contributed by atoms with Gasteiger partial charge in [-0.2, -0.15) is 0 Å². The molecule has 1 atom stereocenters. The molecule has 1 unspecified atom stereocenters. The Labute approximate surface area is 74.3 Å². The predicted molar refractivity (Wildman–Crippen MR) is 48.9 cm³/mol. The van der Waals surface area contributed by atoms with Crippen molar-refractivity contribution in [2.24, 2.45) is 0 Å². The van der Waals surface area contributed by atoms with E-state index in [4.69, 9.17) is 0 Å². The summed E-state index contributed by atoms with van der Waals surface area (Å²) in [5, 5.41) is 0. The molecule has 12 heavy (non-hydrogen) atoms. The average molecular weight is 170 g/mol. The van der Waals surface area contributed by atoms with E-state index in [-0.39, 0.29) is 5.91 Å². The number of hydrogen-bond donors (Lipinski definition) is 0. The van der Waals surface area contributed by atoms with Crippen LogP contribution in [-0.4, -0.2) is 47.9 Å². The van der Waals surface area contributed by atoms with Gasteiger partial charge in [0.1, 0.15) is 0 Å². The molecule has 1 rings (SSSR count). The monoisotopic (exact) mass is 170 g/mol. The Morgan fingerprint density at radius 1 is 1.50 bits per heavy atom. The molecule has 70 valence electrons. The molecule has 0 aliphatic carbocycles. The largest absolute Gasteiger partial charge is 0.335 e. The van der Waals surface area contributed by atoms with Gasteiger partial charge in [-0.25, -0.2) is 0 Å². The Hall–Kier alpha value is -0.570. The Morgan fingerprint density at radius 2 is 2.08 bits per heavy atom. The first-order valence-corrected chi connectivity index (χ1v) is 4.52. The minimum absolute atomic E-state index is 0.256. The maximum Gasteiger partial charge on any atom is 0.237 e. The van der Waals surface area contributed by atoms with Gasteiger partial charge in [0.2, 0.25) is 5.91 Å². The zero-order valence-electron chi connectivity index (χ0n) is 8.37. The van der Waals surface area contributed by atoms with Crippen LogP contribution in [0.3, 0.4) is 0 Å². The third-order valence-electron chi connectivity index (χ3n) is 2.30. The molecule has 0 spiro atoms. The van der Waals surface area contributed by atoms with Crippen LogP contribution in [0.5, 0.6) is 0 Å². The Bertz CT molecular complexity index is 179. The van der Waals surface area contributed by atoms with E-state index in [2.05, 4.69) is 25.7 Å². The fourth-order valence-electron chi connectivity index (χ4n) is 1.96. The lowest BCUT2D eigenvalue weighted by atomic mass is 10.1. The molecule has 1 heterocycles. The van der Waals surface area contributed by atoms with Crippen molar-refractivity contribution in [3.63, 3.8) is 0 Å². The maximum atomic E-state index is 11.5. The smallest absolute Gasteiger partial charge is 0.237 e. The highest BCUT2D eigenvalue weighted by molar-refractivity contribution is 5.79. The lowest BCUT2D eigenvalue weighted by Gasteiger charge is -2.40. The second kappa shape index (κ2) is 3.44. The molecule has 1 aliphatic heterocycles. The molecule has 0 aromatic carbocycles. The summed E-state index contributed by atoms with van der Waals surface area (Å²) < 4.78 is 0. The van der Waals surface area contributed by atoms with Crippen molar-refractivity contribution in [3.8, 4) is 0 Å². The van der Waals surface area contributed by atoms with E-state index in [1.54, 1.807) is 0 Å². The number of carbonyl (C=O) groups excluding carboxylic acids is 1. The number of hydrogen-bond acceptors (Lipinski definition) is 2. The van der Waals surface area contributed by atoms with Gasteiger partial charge in [-0.1, -0.05) is 0 Å². The molecular formula is C9H18N2O. The number of carbonyl (C=O) groups is 1. The summed E-state index contributed by atoms with van der Waals surface area (Å²) in [4.78, 5) is 15.6. The van der Waals surface area contributed by atoms with Gasteiger partial charge >= 0.3 is 0 Å². The van der Waals surface area contributed by atoms with Crippen LogP contribution >= 0.6 is 0 Å². The third kappa shape index (κ3) is 1.78. The van der Waals surface area contributed by atoms with Gasteiger partial charge in [0.05, 0.1) is 6.54 Å². The fourth-order valence-corrected chi connectivity index (χ4v) is 1.96. The summed E-state index contributed by atoms with van der Waals surface area (Å²) >= 11 is 0. The highest BCUT2D eigenvalue weighted by atomic mass is 16.2. The first kappa shape index (κ1) is 9.52. The molecule has 1 aliphatic rings. The lowest BCUT2D eigenvalue weighted by molar-refractivity contribution is -0.140. The summed E-state index contributed by atoms with van der Waals surface area (Å²) in [6.45, 7) is 7.80. The summed E-state index contributed by atoms with van der Waals surface area (Å²) in [5.74, 6) is 0.256. The summed E-state index contributed by atoms with van der Waals surface area (Å²) in [6, 6.07) is 0.692. The van der Waals surface area contributed by atoms with Crippen molar-refractivity contribution in [2.45, 2.75) is 32.9 Å². The van der Waals surface area contributed by atoms with Crippen molar-refractivity contribution < 1.29 is 4.79 Å². The van der Waals surface area contributed by atoms with E-state index < -0.39 is 0 Å². The quantitative estimate of drug-likeness (QED) is 0.574. The zero-order valence-corrected chi connectivity index (χ0v) is 8.37. The number of likely N-dealkylation sites (N-methyl/N-ethyl adjacent to an activating group) is 1. The van der Waals surface area contributed by atoms with Crippen molar-refractivity contribution >= 4 is 5.91 Å². The molecule has 0 N–H and O–H groups in total. The molecule has 0 bridgehead atoms. The molecule has 1 fully saturated rings. The average Bonchev–Trinajstić information content (AvgIpc) is 1.82. The van der Waals surface area contributed by atoms with Crippen molar-refractivity contribution in [1.29, 1.82) is 0 Å². The number of nitrogens with zero attached hydrogens (tertiary/aromatic N) is 2. The van der Waals surface area contributed by atoms with Gasteiger partial charge in [0.25, 0.3) is 0 Å². The summed E-state index contributed by atoms with van der Waals surface area (Å²) in [7, 11) is 1.99. The van der Waals surface area contributed by atoms with Gasteiger partial charge in [-0.3, -0.25) is 9.69 Å². The minimum atomic E-state index is 0.256. The van der Waals surface area contributed by atoms with Crippen molar-refractivity contribution in [1.82, 2.24) is 9.80 Å². The van der Waals surface area contributed by atoms with Crippen LogP contribution in [0.1, 0.15) is 20.8 Å². The molecule has 1 amide bonds. The molecule has 3 nitrogen and oxygen atoms in total. The normalized spacial score (nSPS) is 26.9. The van der Waals surface area contributed by atoms with E-state index in [1.165, 1.54) is 0 Å². The number of piperazine rings is 1. The summed E-state index contributed by atoms with van der Waals surface area (Å²) in [6.07, 6.45) is 0. The van der Waals surface area contributed by atoms with Crippen LogP contribution in [-0.2, 0) is 4.79 Å². The number of rotatable bonds is 1. The Balaban J connectivity index is 2.67. The van der Waals surface area contributed by atoms with Gasteiger partial charge in [-0.15, -0.1) is 0 Å². The molecule has 0 aromatic heterocycles. The lowest BCUT2D eigenvalue weighted by Crippen LogP contribution is -2.56. The van der Waals surface area contributed by atoms with Gasteiger partial charge in [0, 0.05) is 18.6 Å². The highest BCUT2D eigenvalue weighted by Gasteiger charge is 2.29. The van der Waals surface area contributed by atoms with Crippen molar-refractivity contribution in [3.05, 3.63) is 0 Å². The first-order chi connectivity index (χ1) is 5.52. The van der Waals surface area contributed by atoms with Crippen molar-refractivity contribution in [2.75, 3.05) is 20.1 Å². The van der Waals surface area contributed by atoms with Crippen LogP contribution in [0.15, 0.2) is 0 Å². The second-order valence-corrected chi connectivity index (χ2v) is 3.94. The van der Waals surface area contributed by atoms with Crippen LogP contribution in [0.4, 0.5) is 0 Å². The van der Waals surface area contributed by atoms with Gasteiger partial charge < -0.3 is 4.90 Å². The summed E-state index contributed by atoms with van der Waals surface area (Å²) in [5.41, 5.74) is 0. The van der Waals surface area contributed by atoms with E-state index in [9.17, 15) is 4.79 Å². The van der Waals surface area contributed by atoms with E-state index in [0.29, 0.717) is 18.6 Å². The Kier molecular flexibility index (Phi) is 2.73. The molecule has 3 heteroatoms. The van der Waals surface area contributed by atoms with Gasteiger partial charge in [0.15, 0.2) is 0 Å². The standard InChI is InChI=1S/C9H18N2O/c1-7(2)11-8(3)5-10(4)6-9(11)12/h7-8H,5-6H2,1-4H3. The SMILES string of the molecule is CC(C)N1C(=O)CN(C)CC1C. The first-order valence-electron chi connectivity index (χ1n) is 4.52. The molecule has 1 saturated heterocycles. The topological polar surface area (TPSA) is 23.6 Å². The van der Waals surface area contributed by atoms with Gasteiger partial charge in [-0.05, 0) is 27.8 Å². The predicted octanol–water partition coefficient (Wildman–Crippen LogP) is 0.557. The maximum absolute atomic E-state index is 11.5. The van der Waals surface area contributed by atoms with Crippen LogP contribution in [0.25, 0.3) is 0 Å². The van der Waals surface area contributed by atoms with Crippen LogP contribution in [0, 0.1) is 0 Å². The molecule has 0 aromatic rings. The second-order valence-electron chi connectivity index (χ2n) is 3.94. The fraction of sp³-hybridized carbons (Fsp3) is 0.889. The zero-order chi connectivity index (χ0) is 9.30. The molecular weight excluding hydrogens is 152 g/mol. The van der Waals surface area contributed by atoms with E-state index >= 15 is 0 Å².